The summed E-state index contributed by atoms with van der Waals surface area (Å²) in [5.74, 6) is -2.35. The van der Waals surface area contributed by atoms with Crippen LogP contribution in [0, 0.1) is 20.8 Å². The Morgan fingerprint density at radius 1 is 0.812 bits per heavy atom. The Labute approximate surface area is 320 Å². The van der Waals surface area contributed by atoms with Crippen LogP contribution >= 0.6 is 0 Å². The van der Waals surface area contributed by atoms with Gasteiger partial charge in [0, 0.05) is 0 Å². The predicted octanol–water partition coefficient (Wildman–Crippen LogP) is 0.253. The van der Waals surface area contributed by atoms with E-state index in [9.17, 15) is 32.8 Å². The van der Waals surface area contributed by atoms with E-state index < -0.39 is 38.7 Å². The second-order valence-corrected chi connectivity index (χ2v) is 12.0. The fourth-order valence-corrected chi connectivity index (χ4v) is 5.20. The number of amides is 1. The summed E-state index contributed by atoms with van der Waals surface area (Å²) in [7, 11) is -4.62. The van der Waals surface area contributed by atoms with Crippen molar-refractivity contribution in [3.8, 4) is 16.9 Å². The topological polar surface area (TPSA) is 200 Å². The molecular weight excluding hydrogens is 658 g/mol. The van der Waals surface area contributed by atoms with E-state index in [0.717, 1.165) is 39.4 Å². The van der Waals surface area contributed by atoms with Crippen molar-refractivity contribution in [2.75, 3.05) is 5.01 Å². The minimum absolute atomic E-state index is 0. The van der Waals surface area contributed by atoms with Crippen LogP contribution in [0.2, 0.25) is 0 Å². The van der Waals surface area contributed by atoms with Crippen molar-refractivity contribution in [2.45, 2.75) is 38.6 Å². The summed E-state index contributed by atoms with van der Waals surface area (Å²) in [6.45, 7) is 6.89. The zero-order valence-corrected chi connectivity index (χ0v) is 31.8. The molecule has 1 unspecified atom stereocenters. The zero-order valence-electron chi connectivity index (χ0n) is 27.0. The summed E-state index contributed by atoms with van der Waals surface area (Å²) in [5.41, 5.74) is 5.42. The second-order valence-electron chi connectivity index (χ2n) is 10.6. The second kappa shape index (κ2) is 15.7. The molecule has 1 aliphatic rings. The van der Waals surface area contributed by atoms with Crippen LogP contribution in [0.5, 0.6) is 5.75 Å². The molecule has 13 nitrogen and oxygen atoms in total. The number of carbonyl (C=O) groups excluding carboxylic acids is 1. The smallest absolute Gasteiger partial charge is 0.872 e. The normalized spacial score (nSPS) is 14.6. The maximum atomic E-state index is 13.0. The number of carboxylic acid groups (broad SMARTS) is 1. The number of hydrogen-bond acceptors (Lipinski definition) is 11. The van der Waals surface area contributed by atoms with Gasteiger partial charge in [-0.15, -0.1) is 0 Å². The van der Waals surface area contributed by atoms with Gasteiger partial charge in [0.1, 0.15) is 10.1 Å². The van der Waals surface area contributed by atoms with Crippen LogP contribution in [0.3, 0.4) is 0 Å². The van der Waals surface area contributed by atoms with Crippen molar-refractivity contribution in [1.29, 1.82) is 0 Å². The SMILES string of the molecule is CC1=NN(c2ccc(S(=O)(=O)[O-])cc2)C(=O)C1N=Nc1ccc(-c2ccc(N=Nc3cc(C)c([O-])c(C(=O)O)c3)c(C)c2)cc1C.[Na+].[Na+]. The van der Waals surface area contributed by atoms with E-state index in [1.807, 2.05) is 38.1 Å². The number of carboxylic acids is 1. The Balaban J connectivity index is 0.00000312. The molecule has 0 spiro atoms. The summed E-state index contributed by atoms with van der Waals surface area (Å²) >= 11 is 0. The van der Waals surface area contributed by atoms with E-state index in [4.69, 9.17) is 0 Å². The van der Waals surface area contributed by atoms with Crippen LogP contribution in [0.4, 0.5) is 22.7 Å². The molecule has 0 bridgehead atoms. The van der Waals surface area contributed by atoms with E-state index in [2.05, 4.69) is 25.6 Å². The maximum Gasteiger partial charge on any atom is 1.00 e. The van der Waals surface area contributed by atoms with Crippen LogP contribution in [0.1, 0.15) is 34.0 Å². The Hall–Kier alpha value is -3.60. The summed E-state index contributed by atoms with van der Waals surface area (Å²) in [5, 5.41) is 43.5. The van der Waals surface area contributed by atoms with Crippen LogP contribution < -0.4 is 69.2 Å². The Bertz CT molecular complexity index is 2100. The number of benzene rings is 4. The van der Waals surface area contributed by atoms with Gasteiger partial charge in [0.15, 0.2) is 6.04 Å². The number of aryl methyl sites for hydroxylation is 3. The summed E-state index contributed by atoms with van der Waals surface area (Å²) < 4.78 is 33.6. The fraction of sp³-hybridized carbons (Fsp3) is 0.156. The molecule has 234 valence electrons. The molecule has 0 aliphatic carbocycles. The molecule has 1 amide bonds. The molecule has 0 fully saturated rings. The molecule has 0 saturated heterocycles. The van der Waals surface area contributed by atoms with Crippen LogP contribution in [0.25, 0.3) is 11.1 Å². The van der Waals surface area contributed by atoms with Gasteiger partial charge < -0.3 is 14.8 Å². The third kappa shape index (κ3) is 8.51. The molecule has 0 saturated carbocycles. The first-order valence-corrected chi connectivity index (χ1v) is 15.2. The average Bonchev–Trinajstić information content (AvgIpc) is 3.29. The van der Waals surface area contributed by atoms with Gasteiger partial charge in [-0.2, -0.15) is 30.6 Å². The number of carbonyl (C=O) groups is 2. The van der Waals surface area contributed by atoms with Crippen LogP contribution in [-0.2, 0) is 14.9 Å². The standard InChI is InChI=1S/C32H28N6O7S.2Na/c1-17-13-21(5-11-27(17)34-33-23-15-19(3)30(39)26(16-23)32(41)42)22-6-12-28(18(2)14-22)35-36-29-20(4)37-38(31(29)40)24-7-9-25(10-8-24)46(43,44)45;;/h5-16,29,39H,1-4H3,(H,41,42)(H,43,44,45);;/q;2*+1/p-2. The Morgan fingerprint density at radius 3 is 1.90 bits per heavy atom. The summed E-state index contributed by atoms with van der Waals surface area (Å²) in [6.07, 6.45) is 0. The van der Waals surface area contributed by atoms with Crippen molar-refractivity contribution in [1.82, 2.24) is 0 Å². The van der Waals surface area contributed by atoms with E-state index in [1.165, 1.54) is 31.2 Å². The summed E-state index contributed by atoms with van der Waals surface area (Å²) in [4.78, 5) is 24.0. The van der Waals surface area contributed by atoms with Gasteiger partial charge in [0.25, 0.3) is 5.91 Å². The first-order chi connectivity index (χ1) is 21.7. The van der Waals surface area contributed by atoms with Crippen molar-refractivity contribution >= 4 is 50.5 Å². The number of hydrazone groups is 1. The van der Waals surface area contributed by atoms with Gasteiger partial charge in [-0.1, -0.05) is 23.4 Å². The molecule has 1 N–H and O–H groups in total. The van der Waals surface area contributed by atoms with Crippen molar-refractivity contribution in [3.05, 3.63) is 95.1 Å². The van der Waals surface area contributed by atoms with Crippen molar-refractivity contribution in [3.63, 3.8) is 0 Å². The molecule has 1 heterocycles. The van der Waals surface area contributed by atoms with Gasteiger partial charge in [0.05, 0.1) is 38.9 Å². The van der Waals surface area contributed by atoms with E-state index in [0.29, 0.717) is 17.1 Å². The minimum atomic E-state index is -4.62. The van der Waals surface area contributed by atoms with Crippen LogP contribution in [-0.4, -0.2) is 41.7 Å². The molecule has 1 atom stereocenters. The average molecular weight is 685 g/mol. The van der Waals surface area contributed by atoms with Gasteiger partial charge in [-0.3, -0.25) is 4.79 Å². The number of anilines is 1. The molecular formula is C32H26N6Na2O7S. The first kappa shape index (κ1) is 38.8. The van der Waals surface area contributed by atoms with Crippen LogP contribution in [0.15, 0.2) is 103 Å². The zero-order chi connectivity index (χ0) is 33.3. The fourth-order valence-electron chi connectivity index (χ4n) is 4.73. The number of azo groups is 2. The number of aromatic carboxylic acids is 1. The van der Waals surface area contributed by atoms with Crippen molar-refractivity contribution in [2.24, 2.45) is 25.6 Å². The monoisotopic (exact) mass is 684 g/mol. The number of rotatable bonds is 8. The molecule has 1 aliphatic heterocycles. The summed E-state index contributed by atoms with van der Waals surface area (Å²) in [6, 6.07) is 17.8. The van der Waals surface area contributed by atoms with Gasteiger partial charge in [-0.25, -0.2) is 13.2 Å². The molecule has 0 radical (unpaired) electrons. The van der Waals surface area contributed by atoms with E-state index in [-0.39, 0.29) is 81.6 Å². The molecule has 4 aromatic rings. The van der Waals surface area contributed by atoms with Gasteiger partial charge in [0.2, 0.25) is 0 Å². The minimum Gasteiger partial charge on any atom is -0.872 e. The molecule has 0 aromatic heterocycles. The first-order valence-electron chi connectivity index (χ1n) is 13.8. The quantitative estimate of drug-likeness (QED) is 0.156. The third-order valence-corrected chi connectivity index (χ3v) is 8.09. The van der Waals surface area contributed by atoms with E-state index in [1.54, 1.807) is 19.1 Å². The largest absolute Gasteiger partial charge is 1.00 e. The number of hydrogen-bond donors (Lipinski definition) is 1. The third-order valence-electron chi connectivity index (χ3n) is 7.24. The maximum absolute atomic E-state index is 13.0. The van der Waals surface area contributed by atoms with Gasteiger partial charge >= 0.3 is 65.1 Å². The predicted molar refractivity (Wildman–Crippen MR) is 166 cm³/mol. The van der Waals surface area contributed by atoms with Gasteiger partial charge in [-0.05, 0) is 111 Å². The van der Waals surface area contributed by atoms with Crippen molar-refractivity contribution < 1.29 is 91.9 Å². The molecule has 48 heavy (non-hydrogen) atoms. The number of nitrogens with zero attached hydrogens (tertiary/aromatic N) is 6. The Kier molecular flexibility index (Phi) is 12.7. The molecule has 16 heteroatoms. The molecule has 4 aromatic carbocycles. The molecule has 5 rings (SSSR count). The van der Waals surface area contributed by atoms with E-state index >= 15 is 0 Å². The Morgan fingerprint density at radius 2 is 1.38 bits per heavy atom.